The number of sulfonamides is 1. The molecule has 0 aliphatic heterocycles. The third-order valence-electron chi connectivity index (χ3n) is 5.29. The predicted octanol–water partition coefficient (Wildman–Crippen LogP) is 1.34. The summed E-state index contributed by atoms with van der Waals surface area (Å²) in [7, 11) is 0.852. The molecular weight excluding hydrogens is 478 g/mol. The van der Waals surface area contributed by atoms with Gasteiger partial charge >= 0.3 is 0 Å². The van der Waals surface area contributed by atoms with Gasteiger partial charge in [-0.2, -0.15) is 0 Å². The second kappa shape index (κ2) is 12.5. The molecule has 1 fully saturated rings. The Kier molecular flexibility index (Phi) is 9.48. The zero-order valence-electron chi connectivity index (χ0n) is 19.8. The first-order valence-corrected chi connectivity index (χ1v) is 12.4. The van der Waals surface area contributed by atoms with Gasteiger partial charge in [-0.25, -0.2) is 23.1 Å². The van der Waals surface area contributed by atoms with Crippen LogP contribution in [0.5, 0.6) is 5.88 Å². The van der Waals surface area contributed by atoms with Gasteiger partial charge in [0, 0.05) is 32.7 Å². The number of benzene rings is 1. The number of methoxy groups -OCH3 is 3. The summed E-state index contributed by atoms with van der Waals surface area (Å²) >= 11 is 0. The van der Waals surface area contributed by atoms with Crippen molar-refractivity contribution >= 4 is 27.5 Å². The Morgan fingerprint density at radius 1 is 1.09 bits per heavy atom. The fourth-order valence-electron chi connectivity index (χ4n) is 3.38. The maximum Gasteiger partial charge on any atom is 0.279 e. The van der Waals surface area contributed by atoms with Crippen LogP contribution in [0.1, 0.15) is 24.8 Å². The summed E-state index contributed by atoms with van der Waals surface area (Å²) < 4.78 is 42.5. The number of rotatable bonds is 12. The lowest BCUT2D eigenvalue weighted by Crippen LogP contribution is -2.28. The average Bonchev–Trinajstić information content (AvgIpc) is 3.33. The van der Waals surface area contributed by atoms with Crippen molar-refractivity contribution in [2.45, 2.75) is 36.4 Å². The van der Waals surface area contributed by atoms with Crippen molar-refractivity contribution in [1.82, 2.24) is 14.7 Å². The summed E-state index contributed by atoms with van der Waals surface area (Å²) in [5.74, 6) is -0.116. The van der Waals surface area contributed by atoms with Crippen molar-refractivity contribution in [2.75, 3.05) is 39.8 Å². The molecule has 1 saturated carbocycles. The molecule has 3 rings (SSSR count). The monoisotopic (exact) mass is 507 g/mol. The normalized spacial score (nSPS) is 18.3. The lowest BCUT2D eigenvalue weighted by molar-refractivity contribution is -0.110. The molecule has 1 amide bonds. The molecule has 0 saturated heterocycles. The molecule has 2 aromatic rings. The molecule has 2 atom stereocenters. The molecule has 1 aliphatic carbocycles. The third kappa shape index (κ3) is 7.42. The van der Waals surface area contributed by atoms with Crippen molar-refractivity contribution in [3.05, 3.63) is 42.2 Å². The number of aromatic nitrogens is 2. The Labute approximate surface area is 204 Å². The number of anilines is 1. The van der Waals surface area contributed by atoms with Crippen LogP contribution in [0.3, 0.4) is 0 Å². The second-order valence-electron chi connectivity index (χ2n) is 7.65. The van der Waals surface area contributed by atoms with Gasteiger partial charge in [0.25, 0.3) is 5.91 Å². The Morgan fingerprint density at radius 2 is 1.83 bits per heavy atom. The maximum atomic E-state index is 13.1. The van der Waals surface area contributed by atoms with Gasteiger partial charge in [-0.3, -0.25) is 4.79 Å². The summed E-state index contributed by atoms with van der Waals surface area (Å²) in [6.45, 7) is 0.376. The molecule has 1 aromatic heterocycles. The van der Waals surface area contributed by atoms with Crippen molar-refractivity contribution in [1.29, 1.82) is 0 Å². The summed E-state index contributed by atoms with van der Waals surface area (Å²) in [6, 6.07) is 5.74. The van der Waals surface area contributed by atoms with Crippen LogP contribution in [-0.4, -0.2) is 76.7 Å². The Bertz CT molecular complexity index is 1110. The zero-order valence-corrected chi connectivity index (χ0v) is 20.6. The van der Waals surface area contributed by atoms with E-state index in [-0.39, 0.29) is 41.8 Å². The number of carbonyl (C=O) groups excluding carboxylic acids is 1. The van der Waals surface area contributed by atoms with E-state index >= 15 is 0 Å². The zero-order chi connectivity index (χ0) is 25.3. The molecule has 2 N–H and O–H groups in total. The minimum atomic E-state index is -3.73. The van der Waals surface area contributed by atoms with E-state index in [1.165, 1.54) is 50.9 Å². The number of carbonyl (C=O) groups is 1. The number of hydrogen-bond acceptors (Lipinski definition) is 10. The molecule has 12 nitrogen and oxygen atoms in total. The number of ether oxygens (including phenoxy) is 3. The summed E-state index contributed by atoms with van der Waals surface area (Å²) in [5.41, 5.74) is 0.320. The first kappa shape index (κ1) is 26.5. The Hall–Kier alpha value is -3.13. The number of nitrogens with zero attached hydrogens (tertiary/aromatic N) is 3. The predicted molar refractivity (Wildman–Crippen MR) is 127 cm³/mol. The maximum absolute atomic E-state index is 13.1. The highest BCUT2D eigenvalue weighted by molar-refractivity contribution is 7.89. The molecule has 0 unspecified atom stereocenters. The largest absolute Gasteiger partial charge is 0.480 e. The van der Waals surface area contributed by atoms with E-state index < -0.39 is 15.9 Å². The van der Waals surface area contributed by atoms with Crippen LogP contribution in [0, 0.1) is 0 Å². The third-order valence-corrected chi connectivity index (χ3v) is 6.77. The van der Waals surface area contributed by atoms with E-state index in [1.54, 1.807) is 7.11 Å². The lowest BCUT2D eigenvalue weighted by Gasteiger charge is -2.12. The van der Waals surface area contributed by atoms with Gasteiger partial charge in [0.1, 0.15) is 6.10 Å². The topological polar surface area (TPSA) is 150 Å². The fraction of sp³-hybridized carbons (Fsp3) is 0.455. The number of oxime groups is 1. The van der Waals surface area contributed by atoms with Crippen LogP contribution in [0.4, 0.5) is 5.82 Å². The quantitative estimate of drug-likeness (QED) is 0.246. The SMILES string of the molecule is COCCNS(=O)(=O)c1ccc(C(=NO[C@@H]2CC[C@@H](OC)C2)C(=O)Nc2cnc(OC)cn2)cc1. The number of hydrogen-bond donors (Lipinski definition) is 2. The van der Waals surface area contributed by atoms with Crippen molar-refractivity contribution in [3.8, 4) is 5.88 Å². The van der Waals surface area contributed by atoms with Crippen LogP contribution in [0.15, 0.2) is 46.7 Å². The minimum Gasteiger partial charge on any atom is -0.480 e. The van der Waals surface area contributed by atoms with Gasteiger partial charge in [-0.05, 0) is 25.0 Å². The molecule has 0 radical (unpaired) electrons. The van der Waals surface area contributed by atoms with Crippen LogP contribution in [-0.2, 0) is 29.1 Å². The van der Waals surface area contributed by atoms with Gasteiger partial charge in [0.05, 0.1) is 37.1 Å². The first-order valence-electron chi connectivity index (χ1n) is 10.9. The number of amides is 1. The van der Waals surface area contributed by atoms with Crippen LogP contribution >= 0.6 is 0 Å². The van der Waals surface area contributed by atoms with Crippen molar-refractivity contribution in [2.24, 2.45) is 5.16 Å². The molecule has 35 heavy (non-hydrogen) atoms. The highest BCUT2D eigenvalue weighted by atomic mass is 32.2. The standard InChI is InChI=1S/C22H29N5O7S/c1-31-11-10-25-35(29,30)18-8-4-15(5-9-18)21(27-34-17-7-6-16(12-17)32-2)22(28)26-19-13-24-20(33-3)14-23-19/h4-5,8-9,13-14,16-17,25H,6-7,10-12H2,1-3H3,(H,23,26,28)/t16-,17-/m1/s1. The lowest BCUT2D eigenvalue weighted by atomic mass is 10.1. The van der Waals surface area contributed by atoms with Gasteiger partial charge in [0.2, 0.25) is 15.9 Å². The van der Waals surface area contributed by atoms with Gasteiger partial charge < -0.3 is 24.4 Å². The molecular formula is C22H29N5O7S. The minimum absolute atomic E-state index is 0.0396. The smallest absolute Gasteiger partial charge is 0.279 e. The highest BCUT2D eigenvalue weighted by Gasteiger charge is 2.27. The van der Waals surface area contributed by atoms with Gasteiger partial charge in [-0.15, -0.1) is 0 Å². The summed E-state index contributed by atoms with van der Waals surface area (Å²) in [4.78, 5) is 26.8. The molecule has 1 heterocycles. The molecule has 1 aromatic carbocycles. The van der Waals surface area contributed by atoms with E-state index in [9.17, 15) is 13.2 Å². The van der Waals surface area contributed by atoms with E-state index in [4.69, 9.17) is 19.0 Å². The fourth-order valence-corrected chi connectivity index (χ4v) is 4.39. The summed E-state index contributed by atoms with van der Waals surface area (Å²) in [5, 5.41) is 6.74. The van der Waals surface area contributed by atoms with E-state index in [1.807, 2.05) is 0 Å². The van der Waals surface area contributed by atoms with Gasteiger partial charge in [0.15, 0.2) is 11.5 Å². The van der Waals surface area contributed by atoms with Gasteiger partial charge in [-0.1, -0.05) is 17.3 Å². The molecule has 13 heteroatoms. The van der Waals surface area contributed by atoms with E-state index in [0.717, 1.165) is 12.8 Å². The highest BCUT2D eigenvalue weighted by Crippen LogP contribution is 2.24. The van der Waals surface area contributed by atoms with E-state index in [2.05, 4.69) is 25.2 Å². The molecule has 1 aliphatic rings. The number of nitrogens with one attached hydrogen (secondary N) is 2. The Morgan fingerprint density at radius 3 is 2.43 bits per heavy atom. The van der Waals surface area contributed by atoms with Crippen molar-refractivity contribution in [3.63, 3.8) is 0 Å². The molecule has 0 bridgehead atoms. The van der Waals surface area contributed by atoms with Crippen molar-refractivity contribution < 1.29 is 32.3 Å². The Balaban J connectivity index is 1.81. The molecule has 190 valence electrons. The van der Waals surface area contributed by atoms with E-state index in [0.29, 0.717) is 17.9 Å². The molecule has 0 spiro atoms. The summed E-state index contributed by atoms with van der Waals surface area (Å²) in [6.07, 6.45) is 4.82. The van der Waals surface area contributed by atoms with Crippen LogP contribution in [0.2, 0.25) is 0 Å². The first-order chi connectivity index (χ1) is 16.9. The van der Waals surface area contributed by atoms with Crippen LogP contribution < -0.4 is 14.8 Å². The second-order valence-corrected chi connectivity index (χ2v) is 9.42. The van der Waals surface area contributed by atoms with Crippen LogP contribution in [0.25, 0.3) is 0 Å². The average molecular weight is 508 g/mol.